The minimum Gasteiger partial charge on any atom is -0.481 e. The molecule has 0 fully saturated rings. The number of rotatable bonds is 16. The highest BCUT2D eigenvalue weighted by atomic mass is 16.4. The van der Waals surface area contributed by atoms with E-state index in [-0.39, 0.29) is 12.3 Å². The van der Waals surface area contributed by atoms with E-state index in [9.17, 15) is 29.1 Å². The summed E-state index contributed by atoms with van der Waals surface area (Å²) in [4.78, 5) is 60.1. The fraction of sp³-hybridized carbons (Fsp3) is 0.750. The van der Waals surface area contributed by atoms with Gasteiger partial charge in [0.25, 0.3) is 0 Å². The van der Waals surface area contributed by atoms with E-state index in [1.807, 2.05) is 5.32 Å². The van der Waals surface area contributed by atoms with Gasteiger partial charge in [-0.15, -0.1) is 0 Å². The molecule has 5 atom stereocenters. The van der Waals surface area contributed by atoms with Crippen molar-refractivity contribution < 1.29 is 39.3 Å². The highest BCUT2D eigenvalue weighted by Crippen LogP contribution is 2.08. The molecule has 0 rings (SSSR count). The van der Waals surface area contributed by atoms with E-state index < -0.39 is 66.4 Å². The largest absolute Gasteiger partial charge is 0.481 e. The lowest BCUT2D eigenvalue weighted by atomic mass is 10.0. The topological polar surface area (TPSA) is 234 Å². The fourth-order valence-electron chi connectivity index (χ4n) is 2.92. The molecule has 33 heavy (non-hydrogen) atoms. The first-order chi connectivity index (χ1) is 15.3. The number of nitrogens with two attached hydrogens (primary N) is 2. The second-order valence-electron chi connectivity index (χ2n) is 8.31. The third-order valence-electron chi connectivity index (χ3n) is 4.70. The van der Waals surface area contributed by atoms with Gasteiger partial charge in [0.1, 0.15) is 12.1 Å². The van der Waals surface area contributed by atoms with Gasteiger partial charge in [0.15, 0.2) is 6.04 Å². The van der Waals surface area contributed by atoms with Crippen LogP contribution in [0.2, 0.25) is 0 Å². The number of amides is 3. The molecule has 0 spiro atoms. The lowest BCUT2D eigenvalue weighted by molar-refractivity contribution is -0.146. The zero-order chi connectivity index (χ0) is 25.7. The predicted octanol–water partition coefficient (Wildman–Crippen LogP) is -2.12. The molecule has 0 aromatic carbocycles. The first-order valence-electron chi connectivity index (χ1n) is 10.8. The molecular weight excluding hydrogens is 438 g/mol. The molecule has 0 aromatic heterocycles. The van der Waals surface area contributed by atoms with Crippen LogP contribution in [0.15, 0.2) is 0 Å². The van der Waals surface area contributed by atoms with Crippen molar-refractivity contribution >= 4 is 29.7 Å². The van der Waals surface area contributed by atoms with Crippen LogP contribution in [-0.2, 0) is 24.0 Å². The molecule has 0 saturated carbocycles. The fourth-order valence-corrected chi connectivity index (χ4v) is 2.92. The van der Waals surface area contributed by atoms with Gasteiger partial charge in [-0.1, -0.05) is 20.3 Å². The second-order valence-corrected chi connectivity index (χ2v) is 8.31. The van der Waals surface area contributed by atoms with Gasteiger partial charge >= 0.3 is 11.9 Å². The first-order valence-corrected chi connectivity index (χ1v) is 10.8. The smallest absolute Gasteiger partial charge is 0.328 e. The summed E-state index contributed by atoms with van der Waals surface area (Å²) in [5, 5.41) is 34.5. The quantitative estimate of drug-likeness (QED) is 0.113. The molecule has 0 radical (unpaired) electrons. The zero-order valence-corrected chi connectivity index (χ0v) is 19.2. The molecule has 0 aliphatic heterocycles. The summed E-state index contributed by atoms with van der Waals surface area (Å²) in [7, 11) is 0. The molecule has 0 aromatic rings. The van der Waals surface area contributed by atoms with Gasteiger partial charge in [0, 0.05) is 0 Å². The van der Waals surface area contributed by atoms with Gasteiger partial charge in [-0.2, -0.15) is 0 Å². The third-order valence-corrected chi connectivity index (χ3v) is 4.70. The standard InChI is InChI=1S/C20H37N5O8/c1-10(2)8-13(23-17(29)12(22)6-4-5-7-21)18(30)24-14(9-15(27)28)19(31)25-16(11(3)26)20(32)33/h10-14,16,26H,4-9,21-22H2,1-3H3,(H,23,29)(H,24,30)(H,25,31)(H,27,28)(H,32,33). The zero-order valence-electron chi connectivity index (χ0n) is 19.2. The normalized spacial score (nSPS) is 15.6. The van der Waals surface area contributed by atoms with Crippen molar-refractivity contribution in [1.82, 2.24) is 16.0 Å². The van der Waals surface area contributed by atoms with Crippen LogP contribution >= 0.6 is 0 Å². The maximum atomic E-state index is 12.8. The lowest BCUT2D eigenvalue weighted by Gasteiger charge is -2.26. The van der Waals surface area contributed by atoms with Crippen LogP contribution in [0.1, 0.15) is 52.9 Å². The highest BCUT2D eigenvalue weighted by Gasteiger charge is 2.33. The Bertz CT molecular complexity index is 685. The maximum absolute atomic E-state index is 12.8. The number of carbonyl (C=O) groups is 5. The molecule has 5 unspecified atom stereocenters. The van der Waals surface area contributed by atoms with Gasteiger partial charge in [-0.3, -0.25) is 19.2 Å². The van der Waals surface area contributed by atoms with Crippen molar-refractivity contribution in [3.05, 3.63) is 0 Å². The Morgan fingerprint density at radius 1 is 0.848 bits per heavy atom. The molecule has 190 valence electrons. The number of carboxylic acids is 2. The minimum atomic E-state index is -1.71. The van der Waals surface area contributed by atoms with Gasteiger partial charge in [0.2, 0.25) is 17.7 Å². The van der Waals surface area contributed by atoms with Crippen molar-refractivity contribution in [3.8, 4) is 0 Å². The van der Waals surface area contributed by atoms with Crippen molar-refractivity contribution in [2.45, 2.75) is 83.1 Å². The number of nitrogens with one attached hydrogen (secondary N) is 3. The van der Waals surface area contributed by atoms with E-state index in [2.05, 4.69) is 10.6 Å². The van der Waals surface area contributed by atoms with Crippen LogP contribution in [0.3, 0.4) is 0 Å². The van der Waals surface area contributed by atoms with Gasteiger partial charge in [-0.25, -0.2) is 4.79 Å². The Labute approximate surface area is 192 Å². The molecule has 0 aliphatic rings. The summed E-state index contributed by atoms with van der Waals surface area (Å²) in [6.07, 6.45) is -0.460. The first kappa shape index (κ1) is 30.2. The average molecular weight is 476 g/mol. The Kier molecular flexibility index (Phi) is 13.9. The van der Waals surface area contributed by atoms with Crippen LogP contribution in [0, 0.1) is 5.92 Å². The third kappa shape index (κ3) is 12.2. The summed E-state index contributed by atoms with van der Waals surface area (Å²) in [5.74, 6) is -5.51. The molecule has 0 bridgehead atoms. The molecule has 0 aliphatic carbocycles. The summed E-state index contributed by atoms with van der Waals surface area (Å²) >= 11 is 0. The Hall–Kier alpha value is -2.77. The summed E-state index contributed by atoms with van der Waals surface area (Å²) in [6, 6.07) is -5.32. The monoisotopic (exact) mass is 475 g/mol. The molecule has 10 N–H and O–H groups in total. The van der Waals surface area contributed by atoms with Gasteiger partial charge in [-0.05, 0) is 38.6 Å². The molecule has 13 nitrogen and oxygen atoms in total. The van der Waals surface area contributed by atoms with Crippen LogP contribution in [0.5, 0.6) is 0 Å². The van der Waals surface area contributed by atoms with Crippen molar-refractivity contribution in [1.29, 1.82) is 0 Å². The van der Waals surface area contributed by atoms with E-state index in [1.54, 1.807) is 13.8 Å². The average Bonchev–Trinajstić information content (AvgIpc) is 2.69. The van der Waals surface area contributed by atoms with Gasteiger partial charge < -0.3 is 42.7 Å². The molecule has 13 heteroatoms. The van der Waals surface area contributed by atoms with E-state index in [0.717, 1.165) is 6.92 Å². The van der Waals surface area contributed by atoms with Crippen molar-refractivity contribution in [2.75, 3.05) is 6.54 Å². The summed E-state index contributed by atoms with van der Waals surface area (Å²) in [5.41, 5.74) is 11.3. The van der Waals surface area contributed by atoms with E-state index >= 15 is 0 Å². The number of unbranched alkanes of at least 4 members (excludes halogenated alkanes) is 1. The number of aliphatic hydroxyl groups excluding tert-OH is 1. The van der Waals surface area contributed by atoms with Crippen LogP contribution < -0.4 is 27.4 Å². The highest BCUT2D eigenvalue weighted by molar-refractivity contribution is 5.95. The van der Waals surface area contributed by atoms with Crippen molar-refractivity contribution in [3.63, 3.8) is 0 Å². The number of aliphatic hydroxyl groups is 1. The van der Waals surface area contributed by atoms with E-state index in [4.69, 9.17) is 21.7 Å². The van der Waals surface area contributed by atoms with Gasteiger partial charge in [0.05, 0.1) is 18.6 Å². The van der Waals surface area contributed by atoms with Crippen LogP contribution in [0.4, 0.5) is 0 Å². The molecular formula is C20H37N5O8. The lowest BCUT2D eigenvalue weighted by Crippen LogP contribution is -2.58. The van der Waals surface area contributed by atoms with Crippen molar-refractivity contribution in [2.24, 2.45) is 17.4 Å². The Morgan fingerprint density at radius 2 is 1.39 bits per heavy atom. The number of aliphatic carboxylic acids is 2. The Balaban J connectivity index is 5.43. The summed E-state index contributed by atoms with van der Waals surface area (Å²) < 4.78 is 0. The number of carbonyl (C=O) groups excluding carboxylic acids is 3. The molecule has 0 heterocycles. The summed E-state index contributed by atoms with van der Waals surface area (Å²) in [6.45, 7) is 5.19. The predicted molar refractivity (Wildman–Crippen MR) is 118 cm³/mol. The van der Waals surface area contributed by atoms with E-state index in [0.29, 0.717) is 25.8 Å². The number of hydrogen-bond acceptors (Lipinski definition) is 8. The number of carboxylic acid groups (broad SMARTS) is 2. The van der Waals surface area contributed by atoms with Crippen LogP contribution in [0.25, 0.3) is 0 Å². The molecule has 3 amide bonds. The minimum absolute atomic E-state index is 0.0482. The second kappa shape index (κ2) is 15.1. The van der Waals surface area contributed by atoms with E-state index in [1.165, 1.54) is 0 Å². The Morgan fingerprint density at radius 3 is 1.85 bits per heavy atom. The SMILES string of the molecule is CC(C)CC(NC(=O)C(N)CCCCN)C(=O)NC(CC(=O)O)C(=O)NC(C(=O)O)C(C)O. The maximum Gasteiger partial charge on any atom is 0.328 e. The molecule has 0 saturated heterocycles. The van der Waals surface area contributed by atoms with Crippen LogP contribution in [-0.4, -0.2) is 81.8 Å². The number of hydrogen-bond donors (Lipinski definition) is 8.